The van der Waals surface area contributed by atoms with Crippen molar-refractivity contribution in [3.63, 3.8) is 0 Å². The van der Waals surface area contributed by atoms with Crippen molar-refractivity contribution in [1.82, 2.24) is 9.80 Å². The van der Waals surface area contributed by atoms with Crippen molar-refractivity contribution in [2.75, 3.05) is 19.6 Å². The monoisotopic (exact) mass is 284 g/mol. The van der Waals surface area contributed by atoms with Crippen molar-refractivity contribution in [3.05, 3.63) is 0 Å². The van der Waals surface area contributed by atoms with Gasteiger partial charge in [0.1, 0.15) is 0 Å². The first-order chi connectivity index (χ1) is 9.15. The van der Waals surface area contributed by atoms with Crippen LogP contribution in [-0.4, -0.2) is 47.0 Å². The highest BCUT2D eigenvalue weighted by Gasteiger charge is 2.42. The van der Waals surface area contributed by atoms with E-state index in [1.807, 2.05) is 0 Å². The van der Waals surface area contributed by atoms with Crippen LogP contribution >= 0.6 is 11.6 Å². The highest BCUT2D eigenvalue weighted by atomic mass is 35.5. The molecule has 0 radical (unpaired) electrons. The molecule has 0 bridgehead atoms. The molecule has 0 N–H and O–H groups in total. The summed E-state index contributed by atoms with van der Waals surface area (Å²) < 4.78 is 0. The molecule has 5 atom stereocenters. The van der Waals surface area contributed by atoms with E-state index in [2.05, 4.69) is 23.6 Å². The zero-order valence-corrected chi connectivity index (χ0v) is 13.3. The van der Waals surface area contributed by atoms with Gasteiger partial charge in [-0.25, -0.2) is 0 Å². The molecule has 0 amide bonds. The van der Waals surface area contributed by atoms with Crippen molar-refractivity contribution < 1.29 is 0 Å². The maximum absolute atomic E-state index is 6.37. The van der Waals surface area contributed by atoms with E-state index in [0.29, 0.717) is 5.38 Å². The van der Waals surface area contributed by atoms with Crippen molar-refractivity contribution in [2.45, 2.75) is 70.0 Å². The number of hydrogen-bond donors (Lipinski definition) is 0. The van der Waals surface area contributed by atoms with E-state index in [4.69, 9.17) is 11.6 Å². The van der Waals surface area contributed by atoms with Crippen LogP contribution in [0.4, 0.5) is 0 Å². The zero-order valence-electron chi connectivity index (χ0n) is 12.5. The summed E-state index contributed by atoms with van der Waals surface area (Å²) in [6, 6.07) is 0.737. The van der Waals surface area contributed by atoms with Gasteiger partial charge in [-0.2, -0.15) is 0 Å². The van der Waals surface area contributed by atoms with Gasteiger partial charge >= 0.3 is 0 Å². The van der Waals surface area contributed by atoms with Gasteiger partial charge in [0.05, 0.1) is 6.17 Å². The van der Waals surface area contributed by atoms with Crippen molar-refractivity contribution >= 4 is 11.6 Å². The molecule has 0 aromatic carbocycles. The average molecular weight is 285 g/mol. The number of piperidine rings is 1. The molecule has 1 aliphatic carbocycles. The first-order valence-corrected chi connectivity index (χ1v) is 8.72. The summed E-state index contributed by atoms with van der Waals surface area (Å²) in [7, 11) is 0. The van der Waals surface area contributed by atoms with E-state index in [-0.39, 0.29) is 0 Å². The Hall–Kier alpha value is 0.210. The maximum Gasteiger partial charge on any atom is 0.0652 e. The van der Waals surface area contributed by atoms with Gasteiger partial charge in [0.2, 0.25) is 0 Å². The molecule has 1 saturated carbocycles. The Balaban J connectivity index is 1.65. The number of hydrogen-bond acceptors (Lipinski definition) is 2. The van der Waals surface area contributed by atoms with Gasteiger partial charge in [-0.05, 0) is 57.4 Å². The third-order valence-electron chi connectivity index (χ3n) is 5.58. The Morgan fingerprint density at radius 2 is 1.95 bits per heavy atom. The van der Waals surface area contributed by atoms with E-state index in [0.717, 1.165) is 24.0 Å². The molecule has 3 aliphatic rings. The van der Waals surface area contributed by atoms with Gasteiger partial charge in [0.15, 0.2) is 0 Å². The Morgan fingerprint density at radius 3 is 2.74 bits per heavy atom. The zero-order chi connectivity index (χ0) is 13.4. The number of halogens is 1. The van der Waals surface area contributed by atoms with E-state index in [1.54, 1.807) is 0 Å². The molecular weight excluding hydrogens is 256 g/mol. The minimum atomic E-state index is 0.441. The second kappa shape index (κ2) is 5.91. The van der Waals surface area contributed by atoms with Gasteiger partial charge in [-0.1, -0.05) is 13.3 Å². The summed E-state index contributed by atoms with van der Waals surface area (Å²) >= 11 is 6.37. The number of alkyl halides is 1. The largest absolute Gasteiger partial charge is 0.286 e. The lowest BCUT2D eigenvalue weighted by Gasteiger charge is -2.41. The minimum absolute atomic E-state index is 0.441. The van der Waals surface area contributed by atoms with Crippen LogP contribution in [0, 0.1) is 11.8 Å². The fourth-order valence-electron chi connectivity index (χ4n) is 4.68. The Bertz CT molecular complexity index is 309. The highest BCUT2D eigenvalue weighted by Crippen LogP contribution is 2.36. The summed E-state index contributed by atoms with van der Waals surface area (Å²) in [6.07, 6.45) is 8.74. The standard InChI is InChI=1S/C16H29ClN2/c1-12-5-4-8-18-10-13(2)19(16(12)18)11-14-6-3-7-15(17)9-14/h12-16H,3-11H2,1-2H3. The predicted molar refractivity (Wildman–Crippen MR) is 81.5 cm³/mol. The lowest BCUT2D eigenvalue weighted by atomic mass is 9.87. The molecule has 2 nitrogen and oxygen atoms in total. The SMILES string of the molecule is CC1CCCN2CC(C)N(CC3CCCC(Cl)C3)C12. The molecule has 3 fully saturated rings. The molecule has 0 aromatic rings. The molecule has 0 aromatic heterocycles. The fraction of sp³-hybridized carbons (Fsp3) is 1.00. The first-order valence-electron chi connectivity index (χ1n) is 8.29. The molecule has 2 aliphatic heterocycles. The Kier molecular flexibility index (Phi) is 4.40. The van der Waals surface area contributed by atoms with Gasteiger partial charge in [-0.3, -0.25) is 9.80 Å². The van der Waals surface area contributed by atoms with Gasteiger partial charge in [0.25, 0.3) is 0 Å². The summed E-state index contributed by atoms with van der Waals surface area (Å²) in [6.45, 7) is 8.76. The molecule has 2 saturated heterocycles. The minimum Gasteiger partial charge on any atom is -0.286 e. The number of nitrogens with zero attached hydrogens (tertiary/aromatic N) is 2. The molecule has 19 heavy (non-hydrogen) atoms. The van der Waals surface area contributed by atoms with Crippen LogP contribution in [0.1, 0.15) is 52.4 Å². The Labute approximate surface area is 123 Å². The van der Waals surface area contributed by atoms with Crippen LogP contribution in [0.2, 0.25) is 0 Å². The second-order valence-electron chi connectivity index (χ2n) is 7.20. The first kappa shape index (κ1) is 14.2. The average Bonchev–Trinajstić information content (AvgIpc) is 2.67. The topological polar surface area (TPSA) is 6.48 Å². The van der Waals surface area contributed by atoms with Crippen LogP contribution in [0.3, 0.4) is 0 Å². The van der Waals surface area contributed by atoms with Crippen LogP contribution in [0.25, 0.3) is 0 Å². The van der Waals surface area contributed by atoms with Crippen molar-refractivity contribution in [1.29, 1.82) is 0 Å². The van der Waals surface area contributed by atoms with Crippen LogP contribution < -0.4 is 0 Å². The third-order valence-corrected chi connectivity index (χ3v) is 5.98. The molecule has 110 valence electrons. The molecule has 2 heterocycles. The van der Waals surface area contributed by atoms with Crippen LogP contribution in [0.5, 0.6) is 0 Å². The summed E-state index contributed by atoms with van der Waals surface area (Å²) in [5.74, 6) is 1.68. The van der Waals surface area contributed by atoms with E-state index < -0.39 is 0 Å². The van der Waals surface area contributed by atoms with Gasteiger partial charge in [-0.15, -0.1) is 11.6 Å². The van der Waals surface area contributed by atoms with E-state index in [1.165, 1.54) is 58.2 Å². The van der Waals surface area contributed by atoms with Crippen molar-refractivity contribution in [2.24, 2.45) is 11.8 Å². The molecule has 3 heteroatoms. The predicted octanol–water partition coefficient (Wildman–Crippen LogP) is 3.55. The third kappa shape index (κ3) is 2.96. The van der Waals surface area contributed by atoms with Crippen LogP contribution in [0.15, 0.2) is 0 Å². The number of fused-ring (bicyclic) bond motifs is 1. The van der Waals surface area contributed by atoms with Gasteiger partial charge < -0.3 is 0 Å². The van der Waals surface area contributed by atoms with Crippen LogP contribution in [-0.2, 0) is 0 Å². The second-order valence-corrected chi connectivity index (χ2v) is 7.82. The summed E-state index contributed by atoms with van der Waals surface area (Å²) in [5.41, 5.74) is 0. The molecule has 3 rings (SSSR count). The van der Waals surface area contributed by atoms with Crippen molar-refractivity contribution in [3.8, 4) is 0 Å². The van der Waals surface area contributed by atoms with E-state index >= 15 is 0 Å². The Morgan fingerprint density at radius 1 is 1.11 bits per heavy atom. The normalized spacial score (nSPS) is 45.3. The highest BCUT2D eigenvalue weighted by molar-refractivity contribution is 6.20. The lowest BCUT2D eigenvalue weighted by molar-refractivity contribution is 0.0309. The smallest absolute Gasteiger partial charge is 0.0652 e. The summed E-state index contributed by atoms with van der Waals surface area (Å²) in [4.78, 5) is 5.54. The number of rotatable bonds is 2. The maximum atomic E-state index is 6.37. The lowest BCUT2D eigenvalue weighted by Crippen LogP contribution is -2.49. The molecule has 0 spiro atoms. The quantitative estimate of drug-likeness (QED) is 0.716. The molecular formula is C16H29ClN2. The molecule has 5 unspecified atom stereocenters. The van der Waals surface area contributed by atoms with E-state index in [9.17, 15) is 0 Å². The fourth-order valence-corrected chi connectivity index (χ4v) is 5.08. The summed E-state index contributed by atoms with van der Waals surface area (Å²) in [5, 5.41) is 0.441. The van der Waals surface area contributed by atoms with Gasteiger partial charge in [0, 0.05) is 24.5 Å².